The van der Waals surface area contributed by atoms with E-state index in [-0.39, 0.29) is 11.6 Å². The first-order valence-electron chi connectivity index (χ1n) is 5.89. The molecule has 1 saturated carbocycles. The molecular weight excluding hydrogens is 218 g/mol. The third-order valence-corrected chi connectivity index (χ3v) is 3.60. The Balaban J connectivity index is 2.32. The van der Waals surface area contributed by atoms with Crippen molar-refractivity contribution in [2.24, 2.45) is 5.73 Å². The zero-order valence-electron chi connectivity index (χ0n) is 10.3. The summed E-state index contributed by atoms with van der Waals surface area (Å²) in [6.45, 7) is 0. The third-order valence-electron chi connectivity index (χ3n) is 3.60. The average Bonchev–Trinajstić information content (AvgIpc) is 2.88. The van der Waals surface area contributed by atoms with Crippen LogP contribution in [0.15, 0.2) is 12.4 Å². The number of ether oxygens (including phenoxy) is 2. The maximum Gasteiger partial charge on any atom is 0.237 e. The number of nitrogens with zero attached hydrogens (tertiary/aromatic N) is 2. The summed E-state index contributed by atoms with van der Waals surface area (Å²) in [5, 5.41) is 0. The number of methoxy groups -OCH3 is 2. The van der Waals surface area contributed by atoms with Gasteiger partial charge in [-0.2, -0.15) is 0 Å². The van der Waals surface area contributed by atoms with E-state index in [1.54, 1.807) is 26.6 Å². The standard InChI is InChI=1S/C12H19N3O2/c1-16-11-9(14-7-8-15-11)10(13)12(17-2)5-3-4-6-12/h7-8,10H,3-6,13H2,1-2H3. The van der Waals surface area contributed by atoms with Crippen molar-refractivity contribution in [1.82, 2.24) is 9.97 Å². The number of hydrogen-bond acceptors (Lipinski definition) is 5. The van der Waals surface area contributed by atoms with E-state index in [0.717, 1.165) is 25.7 Å². The van der Waals surface area contributed by atoms with Crippen molar-refractivity contribution in [1.29, 1.82) is 0 Å². The molecule has 1 heterocycles. The van der Waals surface area contributed by atoms with Gasteiger partial charge in [0, 0.05) is 19.5 Å². The van der Waals surface area contributed by atoms with Crippen LogP contribution in [-0.4, -0.2) is 29.8 Å². The Morgan fingerprint density at radius 1 is 1.24 bits per heavy atom. The molecule has 2 rings (SSSR count). The van der Waals surface area contributed by atoms with Crippen LogP contribution in [-0.2, 0) is 4.74 Å². The van der Waals surface area contributed by atoms with Crippen molar-refractivity contribution in [3.8, 4) is 5.88 Å². The molecule has 1 aliphatic rings. The Morgan fingerprint density at radius 3 is 2.47 bits per heavy atom. The zero-order valence-corrected chi connectivity index (χ0v) is 10.3. The van der Waals surface area contributed by atoms with Crippen molar-refractivity contribution in [3.05, 3.63) is 18.1 Å². The summed E-state index contributed by atoms with van der Waals surface area (Å²) in [4.78, 5) is 8.43. The first-order chi connectivity index (χ1) is 8.23. The van der Waals surface area contributed by atoms with E-state index >= 15 is 0 Å². The number of nitrogens with two attached hydrogens (primary N) is 1. The maximum absolute atomic E-state index is 6.31. The molecule has 0 radical (unpaired) electrons. The minimum atomic E-state index is -0.316. The van der Waals surface area contributed by atoms with Crippen LogP contribution in [0.4, 0.5) is 0 Å². The molecule has 5 heteroatoms. The maximum atomic E-state index is 6.31. The lowest BCUT2D eigenvalue weighted by Gasteiger charge is -2.33. The second-order valence-electron chi connectivity index (χ2n) is 4.40. The van der Waals surface area contributed by atoms with Crippen molar-refractivity contribution >= 4 is 0 Å². The zero-order chi connectivity index (χ0) is 12.3. The molecule has 0 amide bonds. The summed E-state index contributed by atoms with van der Waals surface area (Å²) in [7, 11) is 3.29. The fraction of sp³-hybridized carbons (Fsp3) is 0.667. The van der Waals surface area contributed by atoms with Gasteiger partial charge in [0.1, 0.15) is 5.69 Å². The van der Waals surface area contributed by atoms with Gasteiger partial charge in [0.25, 0.3) is 0 Å². The van der Waals surface area contributed by atoms with E-state index in [4.69, 9.17) is 15.2 Å². The number of hydrogen-bond donors (Lipinski definition) is 1. The fourth-order valence-corrected chi connectivity index (χ4v) is 2.57. The van der Waals surface area contributed by atoms with Gasteiger partial charge in [0.05, 0.1) is 18.8 Å². The highest BCUT2D eigenvalue weighted by Gasteiger charge is 2.42. The van der Waals surface area contributed by atoms with E-state index < -0.39 is 0 Å². The third kappa shape index (κ3) is 2.12. The molecule has 2 N–H and O–H groups in total. The Hall–Kier alpha value is -1.20. The number of rotatable bonds is 4. The van der Waals surface area contributed by atoms with Crippen LogP contribution in [0.3, 0.4) is 0 Å². The predicted octanol–water partition coefficient (Wildman–Crippen LogP) is 1.44. The second kappa shape index (κ2) is 4.98. The molecule has 0 aromatic carbocycles. The lowest BCUT2D eigenvalue weighted by molar-refractivity contribution is -0.0280. The molecule has 94 valence electrons. The summed E-state index contributed by atoms with van der Waals surface area (Å²) in [5.41, 5.74) is 6.68. The number of aromatic nitrogens is 2. The highest BCUT2D eigenvalue weighted by molar-refractivity contribution is 5.24. The van der Waals surface area contributed by atoms with Crippen molar-refractivity contribution < 1.29 is 9.47 Å². The molecule has 0 bridgehead atoms. The van der Waals surface area contributed by atoms with Crippen LogP contribution in [0, 0.1) is 0 Å². The molecule has 1 fully saturated rings. The summed E-state index contributed by atoms with van der Waals surface area (Å²) < 4.78 is 10.9. The van der Waals surface area contributed by atoms with Gasteiger partial charge >= 0.3 is 0 Å². The first kappa shape index (κ1) is 12.3. The molecule has 1 aromatic rings. The highest BCUT2D eigenvalue weighted by Crippen LogP contribution is 2.42. The van der Waals surface area contributed by atoms with Gasteiger partial charge in [-0.3, -0.25) is 4.98 Å². The summed E-state index contributed by atoms with van der Waals surface area (Å²) >= 11 is 0. The van der Waals surface area contributed by atoms with Crippen molar-refractivity contribution in [2.45, 2.75) is 37.3 Å². The lowest BCUT2D eigenvalue weighted by Crippen LogP contribution is -2.41. The van der Waals surface area contributed by atoms with Crippen LogP contribution >= 0.6 is 0 Å². The lowest BCUT2D eigenvalue weighted by atomic mass is 9.90. The van der Waals surface area contributed by atoms with E-state index in [1.165, 1.54) is 0 Å². The van der Waals surface area contributed by atoms with Crippen molar-refractivity contribution in [3.63, 3.8) is 0 Å². The van der Waals surface area contributed by atoms with E-state index in [0.29, 0.717) is 11.6 Å². The molecular formula is C12H19N3O2. The molecule has 17 heavy (non-hydrogen) atoms. The van der Waals surface area contributed by atoms with Gasteiger partial charge in [-0.05, 0) is 12.8 Å². The first-order valence-corrected chi connectivity index (χ1v) is 5.89. The Bertz CT molecular complexity index is 378. The van der Waals surface area contributed by atoms with Gasteiger partial charge in [0.15, 0.2) is 0 Å². The van der Waals surface area contributed by atoms with E-state index in [2.05, 4.69) is 9.97 Å². The summed E-state index contributed by atoms with van der Waals surface area (Å²) in [6, 6.07) is -0.293. The minimum Gasteiger partial charge on any atom is -0.480 e. The normalized spacial score (nSPS) is 20.2. The van der Waals surface area contributed by atoms with Gasteiger partial charge in [-0.15, -0.1) is 0 Å². The Kier molecular flexibility index (Phi) is 3.59. The van der Waals surface area contributed by atoms with Gasteiger partial charge < -0.3 is 15.2 Å². The van der Waals surface area contributed by atoms with Crippen LogP contribution < -0.4 is 10.5 Å². The molecule has 1 atom stereocenters. The van der Waals surface area contributed by atoms with Crippen LogP contribution in [0.25, 0.3) is 0 Å². The molecule has 5 nitrogen and oxygen atoms in total. The monoisotopic (exact) mass is 237 g/mol. The average molecular weight is 237 g/mol. The molecule has 1 aliphatic carbocycles. The van der Waals surface area contributed by atoms with Gasteiger partial charge in [0.2, 0.25) is 5.88 Å². The van der Waals surface area contributed by atoms with Crippen molar-refractivity contribution in [2.75, 3.05) is 14.2 Å². The van der Waals surface area contributed by atoms with Gasteiger partial charge in [-0.1, -0.05) is 12.8 Å². The quantitative estimate of drug-likeness (QED) is 0.858. The molecule has 1 aromatic heterocycles. The largest absolute Gasteiger partial charge is 0.480 e. The van der Waals surface area contributed by atoms with E-state index in [1.807, 2.05) is 0 Å². The SMILES string of the molecule is COc1nccnc1C(N)C1(OC)CCCC1. The Morgan fingerprint density at radius 2 is 1.88 bits per heavy atom. The van der Waals surface area contributed by atoms with Crippen LogP contribution in [0.5, 0.6) is 5.88 Å². The van der Waals surface area contributed by atoms with Gasteiger partial charge in [-0.25, -0.2) is 4.98 Å². The van der Waals surface area contributed by atoms with Crippen LogP contribution in [0.1, 0.15) is 37.4 Å². The van der Waals surface area contributed by atoms with E-state index in [9.17, 15) is 0 Å². The predicted molar refractivity (Wildman–Crippen MR) is 63.7 cm³/mol. The second-order valence-corrected chi connectivity index (χ2v) is 4.40. The minimum absolute atomic E-state index is 0.293. The molecule has 1 unspecified atom stereocenters. The van der Waals surface area contributed by atoms with Crippen LogP contribution in [0.2, 0.25) is 0 Å². The highest BCUT2D eigenvalue weighted by atomic mass is 16.5. The molecule has 0 spiro atoms. The smallest absolute Gasteiger partial charge is 0.237 e. The summed E-state index contributed by atoms with van der Waals surface area (Å²) in [6.07, 6.45) is 7.45. The molecule has 0 saturated heterocycles. The Labute approximate surface area is 101 Å². The fourth-order valence-electron chi connectivity index (χ4n) is 2.57. The summed E-state index contributed by atoms with van der Waals surface area (Å²) in [5.74, 6) is 0.489. The molecule has 0 aliphatic heterocycles. The topological polar surface area (TPSA) is 70.3 Å².